The Kier molecular flexibility index (Phi) is 21.5. The molecule has 622 valence electrons. The SMILES string of the molecule is CC1C[C@]2(C)c3nn(C)c(-c4ccccc4)c3CC[C@H]2N(C)C1=O.CN1C(=O)C(O)=C[C@]2(C)c3nn(C)c(-c4ccccc4)c3CC[C@@H]12.CN1C(=O)C=C[C@]2(C)c3nn(C)c(-c4ccccc4)c3CC[C@@H]12.CN1C(=O)CC[C@]2(C)c3nn(C)c(-c4ccccc4)c3CC[C@@H]12.[3H]C.[C-]#[N+]C1=C[C@]2(C)c3nn(C)c(-c4ccccc4)c3CC[C@H]2N(C)C1=O. The van der Waals surface area contributed by atoms with Crippen LogP contribution in [-0.2, 0) is 118 Å². The summed E-state index contributed by atoms with van der Waals surface area (Å²) in [5.41, 5.74) is 22.9. The van der Waals surface area contributed by atoms with E-state index in [0.717, 1.165) is 117 Å². The lowest BCUT2D eigenvalue weighted by Gasteiger charge is -2.50. The predicted octanol–water partition coefficient (Wildman–Crippen LogP) is 14.9. The number of aliphatic hydroxyl groups is 1. The fourth-order valence-electron chi connectivity index (χ4n) is 22.7. The first-order valence-electron chi connectivity index (χ1n) is 43.0. The second-order valence-corrected chi connectivity index (χ2v) is 35.6. The van der Waals surface area contributed by atoms with Crippen LogP contribution in [0.1, 0.15) is 158 Å². The highest BCUT2D eigenvalue weighted by atomic mass is 16.3. The number of piperidine rings is 2. The number of rotatable bonds is 5. The number of aromatic nitrogens is 10. The van der Waals surface area contributed by atoms with Crippen LogP contribution in [0, 0.1) is 12.5 Å². The summed E-state index contributed by atoms with van der Waals surface area (Å²) < 4.78 is 15.7. The second kappa shape index (κ2) is 31.6. The van der Waals surface area contributed by atoms with E-state index < -0.39 is 10.8 Å². The van der Waals surface area contributed by atoms with Crippen LogP contribution in [0.4, 0.5) is 0 Å². The number of carbonyl (C=O) groups is 5. The maximum absolute atomic E-state index is 12.4. The van der Waals surface area contributed by atoms with Crippen molar-refractivity contribution in [3.05, 3.63) is 255 Å². The second-order valence-electron chi connectivity index (χ2n) is 35.6. The number of likely N-dealkylation sites (tertiary alicyclic amines) is 2. The lowest BCUT2D eigenvalue weighted by atomic mass is 9.63. The topological polar surface area (TPSA) is 215 Å². The van der Waals surface area contributed by atoms with Crippen LogP contribution in [0.3, 0.4) is 0 Å². The van der Waals surface area contributed by atoms with E-state index in [1.165, 1.54) is 80.4 Å². The number of likely N-dealkylation sites (N-methyl/N-ethyl adjacent to an activating group) is 5. The monoisotopic (exact) mass is 1610 g/mol. The van der Waals surface area contributed by atoms with Gasteiger partial charge < -0.3 is 29.6 Å². The maximum atomic E-state index is 12.4. The van der Waals surface area contributed by atoms with Crippen molar-refractivity contribution in [2.75, 3.05) is 35.2 Å². The van der Waals surface area contributed by atoms with Gasteiger partial charge in [0, 0.05) is 192 Å². The van der Waals surface area contributed by atoms with Gasteiger partial charge in [0.2, 0.25) is 23.4 Å². The number of fused-ring (bicyclic) bond motifs is 15. The molecule has 5 aromatic heterocycles. The zero-order valence-electron chi connectivity index (χ0n) is 73.5. The fraction of sp³-hybridized carbons (Fsp3) is 0.418. The lowest BCUT2D eigenvalue weighted by molar-refractivity contribution is -0.143. The van der Waals surface area contributed by atoms with Gasteiger partial charge >= 0.3 is 0 Å². The summed E-state index contributed by atoms with van der Waals surface area (Å²) in [5.74, 6) is 0.0334. The van der Waals surface area contributed by atoms with Gasteiger partial charge in [-0.05, 0) is 104 Å². The van der Waals surface area contributed by atoms with Crippen LogP contribution in [0.2, 0.25) is 0 Å². The van der Waals surface area contributed by atoms with Crippen LogP contribution < -0.4 is 0 Å². The molecule has 10 aliphatic rings. The van der Waals surface area contributed by atoms with Gasteiger partial charge in [0.25, 0.3) is 11.8 Å². The molecule has 11 atom stereocenters. The minimum atomic E-state index is -0.467. The highest BCUT2D eigenvalue weighted by molar-refractivity contribution is 5.97. The minimum absolute atomic E-state index is 0.0203. The summed E-state index contributed by atoms with van der Waals surface area (Å²) in [7, 11) is 20.7. The quantitative estimate of drug-likeness (QED) is 0.160. The Morgan fingerprint density at radius 3 is 1.10 bits per heavy atom. The van der Waals surface area contributed by atoms with Crippen molar-refractivity contribution in [2.24, 2.45) is 41.2 Å². The first-order valence-corrected chi connectivity index (χ1v) is 42.0. The van der Waals surface area contributed by atoms with E-state index in [2.05, 4.69) is 150 Å². The molecule has 5 aromatic carbocycles. The van der Waals surface area contributed by atoms with Crippen LogP contribution in [0.5, 0.6) is 0 Å². The maximum Gasteiger partial charge on any atom is 0.288 e. The van der Waals surface area contributed by atoms with E-state index in [9.17, 15) is 29.1 Å². The molecular formula is C98H114N16O6. The molecule has 20 rings (SSSR count). The smallest absolute Gasteiger partial charge is 0.288 e. The Bertz CT molecular complexity index is 5800. The van der Waals surface area contributed by atoms with Crippen LogP contribution in [-0.4, -0.2) is 173 Å². The molecule has 5 aliphatic carbocycles. The molecule has 10 heterocycles. The Labute approximate surface area is 707 Å². The molecule has 0 bridgehead atoms. The van der Waals surface area contributed by atoms with Crippen molar-refractivity contribution in [3.8, 4) is 56.3 Å². The van der Waals surface area contributed by atoms with Gasteiger partial charge in [-0.15, -0.1) is 0 Å². The Morgan fingerprint density at radius 2 is 0.717 bits per heavy atom. The molecule has 10 aromatic rings. The Balaban J connectivity index is 0.000000117. The van der Waals surface area contributed by atoms with Gasteiger partial charge in [-0.25, -0.2) is 4.85 Å². The van der Waals surface area contributed by atoms with Crippen molar-refractivity contribution in [2.45, 2.75) is 190 Å². The number of aryl methyl sites for hydroxylation is 5. The van der Waals surface area contributed by atoms with E-state index in [0.29, 0.717) is 6.42 Å². The van der Waals surface area contributed by atoms with Crippen molar-refractivity contribution in [1.82, 2.24) is 73.4 Å². The van der Waals surface area contributed by atoms with Gasteiger partial charge in [-0.3, -0.25) is 47.4 Å². The molecule has 2 fully saturated rings. The minimum Gasteiger partial charge on any atom is -0.503 e. The lowest BCUT2D eigenvalue weighted by Crippen LogP contribution is -2.59. The number of amides is 5. The summed E-state index contributed by atoms with van der Waals surface area (Å²) in [6.45, 7) is 20.4. The molecule has 120 heavy (non-hydrogen) atoms. The van der Waals surface area contributed by atoms with Crippen molar-refractivity contribution < 1.29 is 30.4 Å². The third kappa shape index (κ3) is 13.5. The standard InChI is InChI=1S/C20H20N4O.C20H25N3O.C19H21N3O2.C19H23N3O.C19H21N3O.CH4/c1-20-12-15(21-2)19(25)23(3)16(20)11-10-14-17(24(4)22-18(14)20)13-8-6-5-7-9-13;1-13-12-20(2)16(22(3)19(13)24)11-10-15-17(23(4)21-18(15)20)14-8-6-5-7-9-14;1-19-11-14(23)18(24)21(2)15(19)10-9-13-16(22(3)20-17(13)19)12-7-5-4-6-8-12;2*1-19-12-11-16(23)21(2)15(19)10-9-14-17(22(3)20-18(14)19)13-7-5-4-6-8-13;/h5-9,12,16H,10-11H2,1,3-4H3;5-9,13,16H,10-12H2,1-4H3;4-8,11,15,23H,9-10H2,1-3H3;4-8,15H,9-12H2,1-3H3;4-8,11-12,15H,9-10H2,1-3H3;1H4/t16-,20+;13?,16-,20+;3*15-,19+;/m11111./s1/i;;;;;1T. The third-order valence-electron chi connectivity index (χ3n) is 28.5. The Hall–Kier alpha value is -12.0. The highest BCUT2D eigenvalue weighted by Crippen LogP contribution is 2.53. The zero-order chi connectivity index (χ0) is 86.3. The average Bonchev–Trinajstić information content (AvgIpc) is 1.65. The molecule has 2 saturated heterocycles. The number of benzene rings is 5. The summed E-state index contributed by atoms with van der Waals surface area (Å²) >= 11 is 0. The summed E-state index contributed by atoms with van der Waals surface area (Å²) in [4.78, 5) is 73.7. The van der Waals surface area contributed by atoms with Crippen LogP contribution in [0.15, 0.2) is 187 Å². The normalized spacial score (nSPS) is 26.5. The molecule has 1 unspecified atom stereocenters. The van der Waals surface area contributed by atoms with Crippen molar-refractivity contribution in [3.63, 3.8) is 0 Å². The number of nitrogens with zero attached hydrogens (tertiary/aromatic N) is 16. The van der Waals surface area contributed by atoms with E-state index >= 15 is 0 Å². The molecular weight excluding hydrogens is 1500 g/mol. The van der Waals surface area contributed by atoms with Gasteiger partial charge in [-0.2, -0.15) is 25.5 Å². The molecule has 22 heteroatoms. The Morgan fingerprint density at radius 1 is 0.400 bits per heavy atom. The summed E-state index contributed by atoms with van der Waals surface area (Å²) in [6, 6.07) is 52.8. The van der Waals surface area contributed by atoms with E-state index in [1.54, 1.807) is 36.0 Å². The molecule has 1 N–H and O–H groups in total. The molecule has 0 spiro atoms. The first-order chi connectivity index (χ1) is 57.9. The zero-order valence-corrected chi connectivity index (χ0v) is 72.5. The average molecular weight is 1610 g/mol. The molecule has 22 nitrogen and oxygen atoms in total. The number of hydrogen-bond donors (Lipinski definition) is 1. The number of aliphatic hydroxyl groups excluding tert-OH is 1. The third-order valence-corrected chi connectivity index (χ3v) is 28.5. The van der Waals surface area contributed by atoms with E-state index in [4.69, 9.17) is 33.4 Å². The highest BCUT2D eigenvalue weighted by Gasteiger charge is 2.55. The summed E-state index contributed by atoms with van der Waals surface area (Å²) in [5, 5.41) is 34.5. The molecule has 0 saturated carbocycles. The molecule has 5 aliphatic heterocycles. The van der Waals surface area contributed by atoms with Crippen LogP contribution in [0.25, 0.3) is 61.1 Å². The molecule has 0 radical (unpaired) electrons. The fourth-order valence-corrected chi connectivity index (χ4v) is 22.7. The largest absolute Gasteiger partial charge is 0.503 e. The van der Waals surface area contributed by atoms with Gasteiger partial charge in [0.1, 0.15) is 0 Å². The number of hydrogen-bond acceptors (Lipinski definition) is 11. The predicted molar refractivity (Wildman–Crippen MR) is 469 cm³/mol. The summed E-state index contributed by atoms with van der Waals surface area (Å²) in [6.07, 6.45) is 19.1. The van der Waals surface area contributed by atoms with Crippen molar-refractivity contribution in [1.29, 1.82) is 0 Å². The van der Waals surface area contributed by atoms with Gasteiger partial charge in [0.15, 0.2) is 5.76 Å². The van der Waals surface area contributed by atoms with Crippen molar-refractivity contribution >= 4 is 29.5 Å². The first kappa shape index (κ1) is 81.7. The molecule has 5 amide bonds. The van der Waals surface area contributed by atoms with E-state index in [1.807, 2.05) is 155 Å². The van der Waals surface area contributed by atoms with Gasteiger partial charge in [0.05, 0.1) is 74.3 Å². The van der Waals surface area contributed by atoms with Crippen LogP contribution >= 0.6 is 0 Å². The van der Waals surface area contributed by atoms with E-state index in [-0.39, 0.29) is 93.4 Å². The number of carbonyl (C=O) groups excluding carboxylic acids is 5. The van der Waals surface area contributed by atoms with Gasteiger partial charge in [-0.1, -0.05) is 192 Å².